The predicted octanol–water partition coefficient (Wildman–Crippen LogP) is 3.61. The first-order valence-corrected chi connectivity index (χ1v) is 15.2. The van der Waals surface area contributed by atoms with E-state index in [4.69, 9.17) is 4.55 Å². The predicted molar refractivity (Wildman–Crippen MR) is 136 cm³/mol. The number of halogens is 3. The van der Waals surface area contributed by atoms with Gasteiger partial charge in [0.2, 0.25) is 0 Å². The second-order valence-corrected chi connectivity index (χ2v) is 12.7. The summed E-state index contributed by atoms with van der Waals surface area (Å²) in [6.07, 6.45) is 1.34. The smallest absolute Gasteiger partial charge is 0.393 e. The van der Waals surface area contributed by atoms with Gasteiger partial charge in [0.25, 0.3) is 9.84 Å². The second kappa shape index (κ2) is 12.2. The van der Waals surface area contributed by atoms with Crippen LogP contribution in [0.2, 0.25) is 0 Å². The lowest BCUT2D eigenvalue weighted by molar-refractivity contribution is -0.0435. The maximum absolute atomic E-state index is 13.5. The molecule has 1 unspecified atom stereocenters. The molecule has 1 atom stereocenters. The summed E-state index contributed by atoms with van der Waals surface area (Å²) in [5, 5.41) is 12.6. The van der Waals surface area contributed by atoms with Gasteiger partial charge in [-0.05, 0) is 49.6 Å². The summed E-state index contributed by atoms with van der Waals surface area (Å²) < 4.78 is 97.9. The Labute approximate surface area is 218 Å². The molecular weight excluding hydrogens is 555 g/mol. The van der Waals surface area contributed by atoms with Crippen LogP contribution in [0.4, 0.5) is 24.5 Å². The first-order chi connectivity index (χ1) is 17.2. The lowest BCUT2D eigenvalue weighted by Gasteiger charge is -2.31. The van der Waals surface area contributed by atoms with Crippen LogP contribution in [-0.2, 0) is 20.1 Å². The van der Waals surface area contributed by atoms with Crippen molar-refractivity contribution in [3.63, 3.8) is 0 Å². The minimum atomic E-state index is -5.86. The highest BCUT2D eigenvalue weighted by Gasteiger charge is 2.48. The van der Waals surface area contributed by atoms with Crippen LogP contribution in [0.25, 0.3) is 0 Å². The van der Waals surface area contributed by atoms with Crippen LogP contribution < -0.4 is 10.0 Å². The van der Waals surface area contributed by atoms with E-state index in [1.165, 1.54) is 11.8 Å². The zero-order valence-corrected chi connectivity index (χ0v) is 22.0. The standard InChI is InChI=1S/C22H28F3N3O6S3/c23-22(24,25)36(30,31)21-14-16(27-37(32,33)34)6-7-20(21)26-17(15-35-19-4-2-1-3-5-19)8-11-28-12-9-18(29)10-13-28/h1-7,14,17-18,26-27,29H,8-13,15H2,(H,32,33,34). The number of likely N-dealkylation sites (tertiary alicyclic amines) is 1. The molecule has 2 aromatic carbocycles. The first kappa shape index (κ1) is 29.5. The van der Waals surface area contributed by atoms with E-state index in [1.54, 1.807) is 4.72 Å². The Morgan fingerprint density at radius 3 is 2.30 bits per heavy atom. The summed E-state index contributed by atoms with van der Waals surface area (Å²) in [5.74, 6) is 0.400. The molecule has 1 heterocycles. The lowest BCUT2D eigenvalue weighted by atomic mass is 10.1. The number of hydrogen-bond acceptors (Lipinski definition) is 8. The van der Waals surface area contributed by atoms with Crippen molar-refractivity contribution in [1.29, 1.82) is 0 Å². The van der Waals surface area contributed by atoms with Gasteiger partial charge in [0.1, 0.15) is 4.90 Å². The molecule has 1 saturated heterocycles. The maximum atomic E-state index is 13.5. The van der Waals surface area contributed by atoms with E-state index in [1.807, 2.05) is 30.3 Å². The monoisotopic (exact) mass is 583 g/mol. The molecule has 0 amide bonds. The third-order valence-electron chi connectivity index (χ3n) is 5.73. The molecular formula is C22H28F3N3O6S3. The number of piperidine rings is 1. The average molecular weight is 584 g/mol. The number of nitrogens with one attached hydrogen (secondary N) is 2. The number of hydrogen-bond donors (Lipinski definition) is 4. The van der Waals surface area contributed by atoms with Gasteiger partial charge in [0.05, 0.1) is 17.5 Å². The number of aliphatic hydroxyl groups is 1. The largest absolute Gasteiger partial charge is 0.501 e. The van der Waals surface area contributed by atoms with Crippen molar-refractivity contribution in [3.8, 4) is 0 Å². The number of alkyl halides is 3. The molecule has 0 radical (unpaired) electrons. The van der Waals surface area contributed by atoms with E-state index >= 15 is 0 Å². The van der Waals surface area contributed by atoms with Crippen molar-refractivity contribution in [2.75, 3.05) is 35.4 Å². The molecule has 37 heavy (non-hydrogen) atoms. The number of sulfone groups is 1. The van der Waals surface area contributed by atoms with Gasteiger partial charge in [-0.25, -0.2) is 8.42 Å². The van der Waals surface area contributed by atoms with Crippen LogP contribution in [0, 0.1) is 0 Å². The minimum Gasteiger partial charge on any atom is -0.393 e. The normalized spacial score (nSPS) is 16.9. The molecule has 0 aliphatic carbocycles. The summed E-state index contributed by atoms with van der Waals surface area (Å²) in [6, 6.07) is 11.4. The molecule has 1 aliphatic rings. The Balaban J connectivity index is 1.88. The number of anilines is 2. The van der Waals surface area contributed by atoms with Crippen molar-refractivity contribution in [2.24, 2.45) is 0 Å². The topological polar surface area (TPSA) is 136 Å². The van der Waals surface area contributed by atoms with E-state index in [0.717, 1.165) is 17.0 Å². The van der Waals surface area contributed by atoms with Crippen LogP contribution in [0.1, 0.15) is 19.3 Å². The van der Waals surface area contributed by atoms with E-state index in [2.05, 4.69) is 10.2 Å². The lowest BCUT2D eigenvalue weighted by Crippen LogP contribution is -2.38. The summed E-state index contributed by atoms with van der Waals surface area (Å²) in [4.78, 5) is 1.89. The molecule has 0 saturated carbocycles. The molecule has 206 valence electrons. The molecule has 3 rings (SSSR count). The van der Waals surface area contributed by atoms with Gasteiger partial charge in [-0.3, -0.25) is 9.27 Å². The Morgan fingerprint density at radius 2 is 1.70 bits per heavy atom. The summed E-state index contributed by atoms with van der Waals surface area (Å²) >= 11 is 1.45. The zero-order valence-electron chi connectivity index (χ0n) is 19.6. The van der Waals surface area contributed by atoms with Crippen molar-refractivity contribution in [1.82, 2.24) is 4.90 Å². The van der Waals surface area contributed by atoms with Crippen molar-refractivity contribution in [2.45, 2.75) is 46.7 Å². The zero-order chi connectivity index (χ0) is 27.3. The molecule has 0 aromatic heterocycles. The fraction of sp³-hybridized carbons (Fsp3) is 0.455. The van der Waals surface area contributed by atoms with Gasteiger partial charge in [-0.1, -0.05) is 18.2 Å². The van der Waals surface area contributed by atoms with Crippen molar-refractivity contribution in [3.05, 3.63) is 48.5 Å². The molecule has 2 aromatic rings. The Morgan fingerprint density at radius 1 is 1.05 bits per heavy atom. The van der Waals surface area contributed by atoms with Gasteiger partial charge in [-0.15, -0.1) is 11.8 Å². The Kier molecular flexibility index (Phi) is 9.74. The number of nitrogens with zero attached hydrogens (tertiary/aromatic N) is 1. The fourth-order valence-corrected chi connectivity index (χ4v) is 6.18. The third-order valence-corrected chi connectivity index (χ3v) is 8.92. The number of rotatable bonds is 11. The van der Waals surface area contributed by atoms with Crippen LogP contribution in [0.5, 0.6) is 0 Å². The number of aliphatic hydroxyl groups excluding tert-OH is 1. The summed E-state index contributed by atoms with van der Waals surface area (Å²) in [7, 11) is -10.7. The minimum absolute atomic E-state index is 0.342. The molecule has 1 aliphatic heterocycles. The van der Waals surface area contributed by atoms with Gasteiger partial charge in [-0.2, -0.15) is 21.6 Å². The van der Waals surface area contributed by atoms with Gasteiger partial charge in [0, 0.05) is 36.3 Å². The highest BCUT2D eigenvalue weighted by molar-refractivity contribution is 7.99. The van der Waals surface area contributed by atoms with Gasteiger partial charge in [0.15, 0.2) is 0 Å². The van der Waals surface area contributed by atoms with Crippen LogP contribution in [-0.4, -0.2) is 74.4 Å². The Bertz CT molecular complexity index is 1250. The highest BCUT2D eigenvalue weighted by Crippen LogP contribution is 2.37. The van der Waals surface area contributed by atoms with E-state index < -0.39 is 42.3 Å². The van der Waals surface area contributed by atoms with E-state index in [-0.39, 0.29) is 11.8 Å². The van der Waals surface area contributed by atoms with Crippen molar-refractivity contribution < 1.29 is 39.7 Å². The van der Waals surface area contributed by atoms with Crippen LogP contribution in [0.3, 0.4) is 0 Å². The highest BCUT2D eigenvalue weighted by atomic mass is 32.2. The summed E-state index contributed by atoms with van der Waals surface area (Å²) in [5.41, 5.74) is -6.52. The fourth-order valence-electron chi connectivity index (χ4n) is 3.81. The molecule has 15 heteroatoms. The first-order valence-electron chi connectivity index (χ1n) is 11.3. The number of thioether (sulfide) groups is 1. The van der Waals surface area contributed by atoms with Crippen LogP contribution in [0.15, 0.2) is 58.3 Å². The molecule has 4 N–H and O–H groups in total. The molecule has 1 fully saturated rings. The second-order valence-electron chi connectivity index (χ2n) is 8.56. The average Bonchev–Trinajstić information content (AvgIpc) is 2.81. The van der Waals surface area contributed by atoms with Crippen LogP contribution >= 0.6 is 11.8 Å². The van der Waals surface area contributed by atoms with Crippen molar-refractivity contribution >= 4 is 43.3 Å². The molecule has 9 nitrogen and oxygen atoms in total. The molecule has 0 bridgehead atoms. The van der Waals surface area contributed by atoms with E-state index in [0.29, 0.717) is 50.7 Å². The summed E-state index contributed by atoms with van der Waals surface area (Å²) in [6.45, 7) is 1.91. The maximum Gasteiger partial charge on any atom is 0.501 e. The number of benzene rings is 2. The van der Waals surface area contributed by atoms with Gasteiger partial charge >= 0.3 is 15.8 Å². The van der Waals surface area contributed by atoms with E-state index in [9.17, 15) is 35.1 Å². The Hall–Kier alpha value is -2.04. The third kappa shape index (κ3) is 8.75. The molecule has 0 spiro atoms. The quantitative estimate of drug-likeness (QED) is 0.231. The van der Waals surface area contributed by atoms with Gasteiger partial charge < -0.3 is 15.3 Å². The SMILES string of the molecule is O=S(=O)(O)Nc1ccc(NC(CCN2CCC(O)CC2)CSc2ccccc2)c(S(=O)(=O)C(F)(F)F)c1.